The third kappa shape index (κ3) is 3.56. The Morgan fingerprint density at radius 3 is 2.71 bits per heavy atom. The third-order valence-electron chi connectivity index (χ3n) is 3.07. The second kappa shape index (κ2) is 6.33. The standard InChI is InChI=1S/C15H10ClFN2O2/c16-13-4-5-15(19(20)21)11(7-13)6-12(9-18)10-2-1-3-14(17)8-10/h1-5,7-8,12H,6H2. The van der Waals surface area contributed by atoms with Crippen LogP contribution in [0.3, 0.4) is 0 Å². The van der Waals surface area contributed by atoms with Gasteiger partial charge in [0.25, 0.3) is 5.69 Å². The fraction of sp³-hybridized carbons (Fsp3) is 0.133. The van der Waals surface area contributed by atoms with Crippen LogP contribution in [0.5, 0.6) is 0 Å². The fourth-order valence-corrected chi connectivity index (χ4v) is 2.27. The molecule has 2 aromatic rings. The summed E-state index contributed by atoms with van der Waals surface area (Å²) in [6.07, 6.45) is 0.0941. The van der Waals surface area contributed by atoms with Gasteiger partial charge in [-0.05, 0) is 36.2 Å². The maximum absolute atomic E-state index is 13.2. The van der Waals surface area contributed by atoms with Crippen LogP contribution in [-0.4, -0.2) is 4.92 Å². The smallest absolute Gasteiger partial charge is 0.258 e. The number of nitro benzene ring substituents is 1. The molecule has 6 heteroatoms. The first-order chi connectivity index (χ1) is 10.0. The van der Waals surface area contributed by atoms with E-state index in [0.717, 1.165) is 0 Å². The maximum Gasteiger partial charge on any atom is 0.272 e. The molecule has 0 aromatic heterocycles. The molecule has 0 N–H and O–H groups in total. The molecule has 0 fully saturated rings. The van der Waals surface area contributed by atoms with E-state index in [1.165, 1.54) is 36.4 Å². The van der Waals surface area contributed by atoms with Gasteiger partial charge in [0.2, 0.25) is 0 Å². The highest BCUT2D eigenvalue weighted by Crippen LogP contribution is 2.28. The summed E-state index contributed by atoms with van der Waals surface area (Å²) in [5.41, 5.74) is 0.728. The van der Waals surface area contributed by atoms with Gasteiger partial charge in [0, 0.05) is 16.7 Å². The molecule has 106 valence electrons. The molecule has 0 saturated heterocycles. The fourth-order valence-electron chi connectivity index (χ4n) is 2.08. The van der Waals surface area contributed by atoms with E-state index in [2.05, 4.69) is 0 Å². The van der Waals surface area contributed by atoms with Crippen molar-refractivity contribution in [2.24, 2.45) is 0 Å². The maximum atomic E-state index is 13.2. The lowest BCUT2D eigenvalue weighted by atomic mass is 9.92. The molecule has 0 heterocycles. The van der Waals surface area contributed by atoms with Crippen molar-refractivity contribution in [1.82, 2.24) is 0 Å². The lowest BCUT2D eigenvalue weighted by Gasteiger charge is -2.10. The predicted molar refractivity (Wildman–Crippen MR) is 76.6 cm³/mol. The average Bonchev–Trinajstić information content (AvgIpc) is 2.44. The molecule has 21 heavy (non-hydrogen) atoms. The van der Waals surface area contributed by atoms with E-state index in [0.29, 0.717) is 16.1 Å². The van der Waals surface area contributed by atoms with Crippen LogP contribution >= 0.6 is 11.6 Å². The molecule has 4 nitrogen and oxygen atoms in total. The zero-order valence-electron chi connectivity index (χ0n) is 10.8. The number of nitriles is 1. The molecule has 0 aliphatic heterocycles. The van der Waals surface area contributed by atoms with E-state index >= 15 is 0 Å². The summed E-state index contributed by atoms with van der Waals surface area (Å²) in [6, 6.07) is 11.9. The number of benzene rings is 2. The van der Waals surface area contributed by atoms with E-state index in [-0.39, 0.29) is 12.1 Å². The third-order valence-corrected chi connectivity index (χ3v) is 3.30. The number of hydrogen-bond acceptors (Lipinski definition) is 3. The Bertz CT molecular complexity index is 728. The zero-order chi connectivity index (χ0) is 15.4. The molecule has 1 atom stereocenters. The summed E-state index contributed by atoms with van der Waals surface area (Å²) >= 11 is 5.85. The monoisotopic (exact) mass is 304 g/mol. The molecule has 2 rings (SSSR count). The van der Waals surface area contributed by atoms with Gasteiger partial charge in [0.05, 0.1) is 16.9 Å². The molecule has 0 saturated carbocycles. The van der Waals surface area contributed by atoms with Crippen LogP contribution in [0.2, 0.25) is 5.02 Å². The minimum Gasteiger partial charge on any atom is -0.258 e. The molecule has 0 aliphatic rings. The van der Waals surface area contributed by atoms with Crippen LogP contribution in [0.25, 0.3) is 0 Å². The Hall–Kier alpha value is -2.45. The number of halogens is 2. The van der Waals surface area contributed by atoms with Crippen molar-refractivity contribution in [1.29, 1.82) is 5.26 Å². The van der Waals surface area contributed by atoms with Crippen molar-refractivity contribution in [2.75, 3.05) is 0 Å². The average molecular weight is 305 g/mol. The molecule has 0 bridgehead atoms. The lowest BCUT2D eigenvalue weighted by Crippen LogP contribution is -2.04. The van der Waals surface area contributed by atoms with Crippen molar-refractivity contribution < 1.29 is 9.31 Å². The minimum atomic E-state index is -0.683. The van der Waals surface area contributed by atoms with Crippen LogP contribution in [0.15, 0.2) is 42.5 Å². The first kappa shape index (κ1) is 14.9. The van der Waals surface area contributed by atoms with E-state index in [1.54, 1.807) is 6.07 Å². The van der Waals surface area contributed by atoms with Gasteiger partial charge in [-0.25, -0.2) is 4.39 Å². The second-order valence-corrected chi connectivity index (χ2v) is 4.91. The first-order valence-electron chi connectivity index (χ1n) is 6.09. The van der Waals surface area contributed by atoms with E-state index in [4.69, 9.17) is 11.6 Å². The number of rotatable bonds is 4. The topological polar surface area (TPSA) is 66.9 Å². The van der Waals surface area contributed by atoms with Gasteiger partial charge in [-0.1, -0.05) is 23.7 Å². The highest BCUT2D eigenvalue weighted by atomic mass is 35.5. The van der Waals surface area contributed by atoms with Crippen molar-refractivity contribution in [3.8, 4) is 6.07 Å². The van der Waals surface area contributed by atoms with Gasteiger partial charge in [-0.3, -0.25) is 10.1 Å². The highest BCUT2D eigenvalue weighted by Gasteiger charge is 2.20. The molecule has 1 unspecified atom stereocenters. The summed E-state index contributed by atoms with van der Waals surface area (Å²) in [4.78, 5) is 10.5. The summed E-state index contributed by atoms with van der Waals surface area (Å²) < 4.78 is 13.2. The van der Waals surface area contributed by atoms with Gasteiger partial charge in [-0.15, -0.1) is 0 Å². The molecule has 0 spiro atoms. The molecule has 2 aromatic carbocycles. The van der Waals surface area contributed by atoms with Crippen LogP contribution < -0.4 is 0 Å². The van der Waals surface area contributed by atoms with Crippen molar-refractivity contribution in [3.05, 3.63) is 74.5 Å². The Morgan fingerprint density at radius 2 is 2.10 bits per heavy atom. The van der Waals surface area contributed by atoms with Crippen molar-refractivity contribution in [3.63, 3.8) is 0 Å². The van der Waals surface area contributed by atoms with Crippen LogP contribution in [-0.2, 0) is 6.42 Å². The van der Waals surface area contributed by atoms with Gasteiger partial charge >= 0.3 is 0 Å². The SMILES string of the molecule is N#CC(Cc1cc(Cl)ccc1[N+](=O)[O-])c1cccc(F)c1. The number of nitro groups is 1. The molecule has 0 radical (unpaired) electrons. The number of nitrogens with zero attached hydrogens (tertiary/aromatic N) is 2. The Balaban J connectivity index is 2.38. The van der Waals surface area contributed by atoms with Gasteiger partial charge < -0.3 is 0 Å². The van der Waals surface area contributed by atoms with Gasteiger partial charge in [-0.2, -0.15) is 5.26 Å². The largest absolute Gasteiger partial charge is 0.272 e. The molecule has 0 aliphatic carbocycles. The second-order valence-electron chi connectivity index (χ2n) is 4.47. The molecular weight excluding hydrogens is 295 g/mol. The predicted octanol–water partition coefficient (Wildman–Crippen LogP) is 4.24. The molecule has 0 amide bonds. The van der Waals surface area contributed by atoms with Crippen LogP contribution in [0.1, 0.15) is 17.0 Å². The van der Waals surface area contributed by atoms with Crippen LogP contribution in [0.4, 0.5) is 10.1 Å². The van der Waals surface area contributed by atoms with E-state index in [9.17, 15) is 19.8 Å². The first-order valence-corrected chi connectivity index (χ1v) is 6.47. The summed E-state index contributed by atoms with van der Waals surface area (Å²) in [5.74, 6) is -1.13. The van der Waals surface area contributed by atoms with E-state index < -0.39 is 16.7 Å². The normalized spacial score (nSPS) is 11.7. The summed E-state index contributed by atoms with van der Waals surface area (Å²) in [7, 11) is 0. The number of hydrogen-bond donors (Lipinski definition) is 0. The Labute approximate surface area is 125 Å². The van der Waals surface area contributed by atoms with Gasteiger partial charge in [0.15, 0.2) is 0 Å². The van der Waals surface area contributed by atoms with Crippen LogP contribution in [0, 0.1) is 27.3 Å². The summed E-state index contributed by atoms with van der Waals surface area (Å²) in [6.45, 7) is 0. The minimum absolute atomic E-state index is 0.0941. The van der Waals surface area contributed by atoms with E-state index in [1.807, 2.05) is 6.07 Å². The molecular formula is C15H10ClFN2O2. The summed E-state index contributed by atoms with van der Waals surface area (Å²) in [5, 5.41) is 20.6. The highest BCUT2D eigenvalue weighted by molar-refractivity contribution is 6.30. The van der Waals surface area contributed by atoms with Crippen molar-refractivity contribution in [2.45, 2.75) is 12.3 Å². The lowest BCUT2D eigenvalue weighted by molar-refractivity contribution is -0.385. The zero-order valence-corrected chi connectivity index (χ0v) is 11.5. The quantitative estimate of drug-likeness (QED) is 0.627. The van der Waals surface area contributed by atoms with Gasteiger partial charge in [0.1, 0.15) is 5.82 Å². The Morgan fingerprint density at radius 1 is 1.33 bits per heavy atom. The van der Waals surface area contributed by atoms with Crippen molar-refractivity contribution >= 4 is 17.3 Å². The Kier molecular flexibility index (Phi) is 4.51.